The molecule has 2 aliphatic rings. The summed E-state index contributed by atoms with van der Waals surface area (Å²) in [5, 5.41) is 4.44. The number of aliphatic imine (C=N–C) groups is 1. The minimum Gasteiger partial charge on any atom is -0.257 e. The average molecular weight is 186 g/mol. The van der Waals surface area contributed by atoms with Crippen LogP contribution < -0.4 is 0 Å². The Morgan fingerprint density at radius 1 is 1.21 bits per heavy atom. The molecule has 3 heteroatoms. The Labute approximate surface area is 82.8 Å². The van der Waals surface area contributed by atoms with E-state index in [4.69, 9.17) is 0 Å². The first kappa shape index (κ1) is 7.85. The van der Waals surface area contributed by atoms with Crippen LogP contribution in [0.4, 0.5) is 11.4 Å². The summed E-state index contributed by atoms with van der Waals surface area (Å²) in [6.45, 7) is 2.99. The fraction of sp³-hybridized carbons (Fsp3) is 0.364. The lowest BCUT2D eigenvalue weighted by atomic mass is 10.1. The molecule has 0 aliphatic carbocycles. The second kappa shape index (κ2) is 2.50. The maximum atomic E-state index is 4.51. The molecule has 2 heterocycles. The molecule has 0 bridgehead atoms. The van der Waals surface area contributed by atoms with Crippen LogP contribution >= 0.6 is 0 Å². The number of rotatable bonds is 0. The van der Waals surface area contributed by atoms with E-state index in [0.717, 1.165) is 24.3 Å². The number of benzene rings is 1. The Morgan fingerprint density at radius 3 is 2.86 bits per heavy atom. The van der Waals surface area contributed by atoms with Crippen LogP contribution in [0.2, 0.25) is 0 Å². The molecule has 0 unspecified atom stereocenters. The molecule has 70 valence electrons. The van der Waals surface area contributed by atoms with E-state index >= 15 is 0 Å². The standard InChI is InChI=1S/C11H12N3/c1-7-3-8-4-11-9(5-10(8)12-7)6-14(2)13-11/h4-5H,3,6H2,1-2H3/q+1. The van der Waals surface area contributed by atoms with Crippen molar-refractivity contribution in [3.05, 3.63) is 23.3 Å². The van der Waals surface area contributed by atoms with Crippen molar-refractivity contribution in [2.75, 3.05) is 7.05 Å². The topological polar surface area (TPSA) is 27.7 Å². The largest absolute Gasteiger partial charge is 0.257 e. The van der Waals surface area contributed by atoms with Crippen LogP contribution in [-0.4, -0.2) is 17.5 Å². The van der Waals surface area contributed by atoms with Crippen molar-refractivity contribution in [3.8, 4) is 0 Å². The quantitative estimate of drug-likeness (QED) is 0.557. The predicted molar refractivity (Wildman–Crippen MR) is 54.9 cm³/mol. The van der Waals surface area contributed by atoms with Gasteiger partial charge >= 0.3 is 0 Å². The van der Waals surface area contributed by atoms with Crippen molar-refractivity contribution in [1.82, 2.24) is 0 Å². The lowest BCUT2D eigenvalue weighted by Gasteiger charge is -1.97. The molecule has 3 rings (SSSR count). The summed E-state index contributed by atoms with van der Waals surface area (Å²) in [5.74, 6) is 0. The molecule has 2 aliphatic heterocycles. The number of nitrogens with zero attached hydrogens (tertiary/aromatic N) is 3. The Morgan fingerprint density at radius 2 is 2.00 bits per heavy atom. The van der Waals surface area contributed by atoms with Gasteiger partial charge in [0.25, 0.3) is 0 Å². The van der Waals surface area contributed by atoms with E-state index in [1.807, 2.05) is 11.7 Å². The predicted octanol–water partition coefficient (Wildman–Crippen LogP) is 2.57. The second-order valence-electron chi connectivity index (χ2n) is 4.05. The summed E-state index contributed by atoms with van der Waals surface area (Å²) in [7, 11) is 2.00. The van der Waals surface area contributed by atoms with E-state index in [1.165, 1.54) is 16.8 Å². The highest BCUT2D eigenvalue weighted by molar-refractivity contribution is 5.92. The molecule has 0 aromatic heterocycles. The van der Waals surface area contributed by atoms with Crippen molar-refractivity contribution in [3.63, 3.8) is 0 Å². The third-order valence-electron chi connectivity index (χ3n) is 2.72. The zero-order valence-electron chi connectivity index (χ0n) is 8.41. The van der Waals surface area contributed by atoms with Gasteiger partial charge in [-0.15, -0.1) is 4.70 Å². The van der Waals surface area contributed by atoms with Crippen LogP contribution in [0, 0.1) is 0 Å². The molecular weight excluding hydrogens is 174 g/mol. The van der Waals surface area contributed by atoms with E-state index in [2.05, 4.69) is 29.2 Å². The maximum Gasteiger partial charge on any atom is 0.196 e. The molecule has 1 aromatic carbocycles. The number of hydrogen-bond acceptors (Lipinski definition) is 2. The third-order valence-corrected chi connectivity index (χ3v) is 2.72. The molecule has 0 radical (unpaired) electrons. The Hall–Kier alpha value is -1.51. The zero-order valence-corrected chi connectivity index (χ0v) is 8.41. The van der Waals surface area contributed by atoms with Gasteiger partial charge in [-0.2, -0.15) is 0 Å². The van der Waals surface area contributed by atoms with Crippen LogP contribution in [0.25, 0.3) is 0 Å². The van der Waals surface area contributed by atoms with Gasteiger partial charge in [-0.3, -0.25) is 4.99 Å². The molecule has 14 heavy (non-hydrogen) atoms. The molecule has 1 aromatic rings. The summed E-state index contributed by atoms with van der Waals surface area (Å²) in [6.07, 6.45) is 0.988. The van der Waals surface area contributed by atoms with E-state index in [9.17, 15) is 0 Å². The van der Waals surface area contributed by atoms with Crippen molar-refractivity contribution < 1.29 is 4.70 Å². The molecule has 0 amide bonds. The second-order valence-corrected chi connectivity index (χ2v) is 4.05. The van der Waals surface area contributed by atoms with Gasteiger partial charge < -0.3 is 0 Å². The summed E-state index contributed by atoms with van der Waals surface area (Å²) in [6, 6.07) is 4.35. The van der Waals surface area contributed by atoms with Gasteiger partial charge in [0, 0.05) is 12.1 Å². The van der Waals surface area contributed by atoms with Crippen molar-refractivity contribution >= 4 is 17.1 Å². The van der Waals surface area contributed by atoms with Gasteiger partial charge in [-0.25, -0.2) is 0 Å². The highest BCUT2D eigenvalue weighted by Crippen LogP contribution is 2.36. The van der Waals surface area contributed by atoms with Crippen molar-refractivity contribution in [2.45, 2.75) is 19.9 Å². The monoisotopic (exact) mass is 186 g/mol. The highest BCUT2D eigenvalue weighted by Gasteiger charge is 2.22. The lowest BCUT2D eigenvalue weighted by molar-refractivity contribution is -0.570. The molecular formula is C11H12N3+. The van der Waals surface area contributed by atoms with Crippen LogP contribution in [0.5, 0.6) is 0 Å². The summed E-state index contributed by atoms with van der Waals surface area (Å²) >= 11 is 0. The molecule has 0 saturated heterocycles. The molecule has 0 fully saturated rings. The SMILES string of the molecule is CC1=Nc2cc3c(cc2C1)N=[N+](C)C3. The van der Waals surface area contributed by atoms with Gasteiger partial charge in [0.05, 0.1) is 11.3 Å². The summed E-state index contributed by atoms with van der Waals surface area (Å²) < 4.78 is 1.97. The fourth-order valence-corrected chi connectivity index (χ4v) is 2.12. The van der Waals surface area contributed by atoms with E-state index in [-0.39, 0.29) is 0 Å². The Bertz CT molecular complexity index is 438. The summed E-state index contributed by atoms with van der Waals surface area (Å²) in [4.78, 5) is 4.51. The van der Waals surface area contributed by atoms with E-state index in [1.54, 1.807) is 0 Å². The minimum atomic E-state index is 0.914. The van der Waals surface area contributed by atoms with Crippen LogP contribution in [-0.2, 0) is 13.0 Å². The fourth-order valence-electron chi connectivity index (χ4n) is 2.12. The first-order valence-electron chi connectivity index (χ1n) is 4.85. The first-order valence-corrected chi connectivity index (χ1v) is 4.85. The maximum absolute atomic E-state index is 4.51. The molecule has 0 spiro atoms. The first-order chi connectivity index (χ1) is 6.72. The number of hydrogen-bond donors (Lipinski definition) is 0. The lowest BCUT2D eigenvalue weighted by Crippen LogP contribution is -1.94. The number of fused-ring (bicyclic) bond motifs is 2. The van der Waals surface area contributed by atoms with E-state index in [0.29, 0.717) is 0 Å². The smallest absolute Gasteiger partial charge is 0.196 e. The Balaban J connectivity index is 2.15. The van der Waals surface area contributed by atoms with Crippen LogP contribution in [0.1, 0.15) is 18.1 Å². The Kier molecular flexibility index (Phi) is 1.40. The van der Waals surface area contributed by atoms with Crippen molar-refractivity contribution in [2.24, 2.45) is 10.1 Å². The molecule has 0 atom stereocenters. The van der Waals surface area contributed by atoms with Crippen molar-refractivity contribution in [1.29, 1.82) is 0 Å². The van der Waals surface area contributed by atoms with Gasteiger partial charge in [-0.1, -0.05) is 0 Å². The van der Waals surface area contributed by atoms with Crippen LogP contribution in [0.3, 0.4) is 0 Å². The normalized spacial score (nSPS) is 17.6. The zero-order chi connectivity index (χ0) is 9.71. The van der Waals surface area contributed by atoms with Gasteiger partial charge in [0.1, 0.15) is 5.69 Å². The van der Waals surface area contributed by atoms with Gasteiger partial charge in [0.15, 0.2) is 13.6 Å². The summed E-state index contributed by atoms with van der Waals surface area (Å²) in [5.41, 5.74) is 6.09. The number of azo groups is 2. The van der Waals surface area contributed by atoms with Gasteiger partial charge in [-0.05, 0) is 29.7 Å². The van der Waals surface area contributed by atoms with Crippen LogP contribution in [0.15, 0.2) is 22.2 Å². The minimum absolute atomic E-state index is 0.914. The van der Waals surface area contributed by atoms with Gasteiger partial charge in [0.2, 0.25) is 0 Å². The molecule has 0 N–H and O–H groups in total. The molecule has 0 saturated carbocycles. The van der Waals surface area contributed by atoms with E-state index < -0.39 is 0 Å². The third kappa shape index (κ3) is 1.02. The molecule has 3 nitrogen and oxygen atoms in total. The highest BCUT2D eigenvalue weighted by atomic mass is 15.3. The average Bonchev–Trinajstić information content (AvgIpc) is 2.59.